The minimum atomic E-state index is 0.314. The van der Waals surface area contributed by atoms with E-state index in [2.05, 4.69) is 49.4 Å². The van der Waals surface area contributed by atoms with Gasteiger partial charge in [-0.3, -0.25) is 0 Å². The van der Waals surface area contributed by atoms with Gasteiger partial charge in [-0.25, -0.2) is 0 Å². The Hall–Kier alpha value is -1.61. The Morgan fingerprint density at radius 1 is 1.21 bits per heavy atom. The van der Waals surface area contributed by atoms with E-state index in [1.807, 2.05) is 13.8 Å². The second-order valence-corrected chi connectivity index (χ2v) is 5.27. The lowest BCUT2D eigenvalue weighted by Crippen LogP contribution is -2.19. The van der Waals surface area contributed by atoms with Gasteiger partial charge >= 0.3 is 0 Å². The largest absolute Gasteiger partial charge is 0.361 e. The van der Waals surface area contributed by atoms with Crippen molar-refractivity contribution >= 4 is 0 Å². The number of rotatable bonds is 4. The average molecular weight is 258 g/mol. The summed E-state index contributed by atoms with van der Waals surface area (Å²) in [5.41, 5.74) is 6.11. The van der Waals surface area contributed by atoms with Crippen LogP contribution in [0, 0.1) is 27.7 Å². The van der Waals surface area contributed by atoms with Gasteiger partial charge in [-0.05, 0) is 45.7 Å². The molecule has 19 heavy (non-hydrogen) atoms. The fourth-order valence-electron chi connectivity index (χ4n) is 2.35. The molecule has 0 aliphatic carbocycles. The Morgan fingerprint density at radius 2 is 1.95 bits per heavy atom. The van der Waals surface area contributed by atoms with E-state index in [4.69, 9.17) is 4.52 Å². The van der Waals surface area contributed by atoms with Crippen molar-refractivity contribution in [2.45, 2.75) is 47.2 Å². The first kappa shape index (κ1) is 13.8. The SMILES string of the molecule is Cc1ccc(C)c(C(C)NCc2c(C)noc2C)c1. The molecule has 0 bridgehead atoms. The van der Waals surface area contributed by atoms with E-state index in [-0.39, 0.29) is 0 Å². The fraction of sp³-hybridized carbons (Fsp3) is 0.438. The number of aryl methyl sites for hydroxylation is 4. The van der Waals surface area contributed by atoms with Crippen molar-refractivity contribution in [2.75, 3.05) is 0 Å². The molecular weight excluding hydrogens is 236 g/mol. The molecule has 3 heteroatoms. The van der Waals surface area contributed by atoms with Crippen molar-refractivity contribution in [3.8, 4) is 0 Å². The number of nitrogens with one attached hydrogen (secondary N) is 1. The Balaban J connectivity index is 2.09. The van der Waals surface area contributed by atoms with E-state index in [0.717, 1.165) is 23.6 Å². The van der Waals surface area contributed by atoms with Gasteiger partial charge in [0.1, 0.15) is 5.76 Å². The molecule has 0 saturated heterocycles. The first-order valence-electron chi connectivity index (χ1n) is 6.71. The predicted octanol–water partition coefficient (Wildman–Crippen LogP) is 3.76. The van der Waals surface area contributed by atoms with E-state index < -0.39 is 0 Å². The predicted molar refractivity (Wildman–Crippen MR) is 77.1 cm³/mol. The summed E-state index contributed by atoms with van der Waals surface area (Å²) < 4.78 is 5.19. The molecule has 3 nitrogen and oxygen atoms in total. The molecule has 1 heterocycles. The first-order valence-corrected chi connectivity index (χ1v) is 6.71. The Kier molecular flexibility index (Phi) is 4.05. The molecule has 1 unspecified atom stereocenters. The van der Waals surface area contributed by atoms with Gasteiger partial charge in [0.25, 0.3) is 0 Å². The standard InChI is InChI=1S/C16H22N2O/c1-10-6-7-11(2)15(8-10)12(3)17-9-16-13(4)18-19-14(16)5/h6-8,12,17H,9H2,1-5H3. The molecule has 0 aliphatic rings. The molecule has 0 fully saturated rings. The van der Waals surface area contributed by atoms with Gasteiger partial charge in [0.15, 0.2) is 0 Å². The summed E-state index contributed by atoms with van der Waals surface area (Å²) in [6.45, 7) is 11.2. The molecule has 1 N–H and O–H groups in total. The van der Waals surface area contributed by atoms with Crippen LogP contribution in [0.2, 0.25) is 0 Å². The van der Waals surface area contributed by atoms with Gasteiger partial charge in [-0.15, -0.1) is 0 Å². The maximum Gasteiger partial charge on any atom is 0.138 e. The molecule has 0 radical (unpaired) electrons. The molecular formula is C16H22N2O. The second kappa shape index (κ2) is 5.57. The highest BCUT2D eigenvalue weighted by Gasteiger charge is 2.12. The summed E-state index contributed by atoms with van der Waals surface area (Å²) in [7, 11) is 0. The van der Waals surface area contributed by atoms with Crippen LogP contribution in [0.5, 0.6) is 0 Å². The van der Waals surface area contributed by atoms with Crippen LogP contribution in [0.1, 0.15) is 46.7 Å². The van der Waals surface area contributed by atoms with E-state index in [9.17, 15) is 0 Å². The molecule has 1 aromatic heterocycles. The van der Waals surface area contributed by atoms with Crippen molar-refractivity contribution in [3.63, 3.8) is 0 Å². The van der Waals surface area contributed by atoms with Crippen LogP contribution in [0.15, 0.2) is 22.7 Å². The third kappa shape index (κ3) is 3.04. The van der Waals surface area contributed by atoms with Crippen LogP contribution >= 0.6 is 0 Å². The molecule has 2 aromatic rings. The first-order chi connectivity index (χ1) is 8.99. The quantitative estimate of drug-likeness (QED) is 0.907. The van der Waals surface area contributed by atoms with Crippen molar-refractivity contribution < 1.29 is 4.52 Å². The van der Waals surface area contributed by atoms with E-state index in [1.54, 1.807) is 0 Å². The number of aromatic nitrogens is 1. The second-order valence-electron chi connectivity index (χ2n) is 5.27. The number of nitrogens with zero attached hydrogens (tertiary/aromatic N) is 1. The topological polar surface area (TPSA) is 38.1 Å². The highest BCUT2D eigenvalue weighted by Crippen LogP contribution is 2.20. The van der Waals surface area contributed by atoms with Crippen LogP contribution in [0.4, 0.5) is 0 Å². The highest BCUT2D eigenvalue weighted by molar-refractivity contribution is 5.33. The summed E-state index contributed by atoms with van der Waals surface area (Å²) in [6, 6.07) is 6.90. The monoisotopic (exact) mass is 258 g/mol. The van der Waals surface area contributed by atoms with Crippen LogP contribution < -0.4 is 5.32 Å². The third-order valence-corrected chi connectivity index (χ3v) is 3.67. The molecule has 0 amide bonds. The summed E-state index contributed by atoms with van der Waals surface area (Å²) >= 11 is 0. The molecule has 0 saturated carbocycles. The lowest BCUT2D eigenvalue weighted by molar-refractivity contribution is 0.391. The summed E-state index contributed by atoms with van der Waals surface area (Å²) in [6.07, 6.45) is 0. The number of benzene rings is 1. The summed E-state index contributed by atoms with van der Waals surface area (Å²) in [5, 5.41) is 7.53. The van der Waals surface area contributed by atoms with Crippen molar-refractivity contribution in [1.29, 1.82) is 0 Å². The zero-order chi connectivity index (χ0) is 14.0. The maximum absolute atomic E-state index is 5.19. The van der Waals surface area contributed by atoms with Crippen LogP contribution in [-0.4, -0.2) is 5.16 Å². The van der Waals surface area contributed by atoms with E-state index in [1.165, 1.54) is 16.7 Å². The molecule has 1 aromatic carbocycles. The van der Waals surface area contributed by atoms with E-state index >= 15 is 0 Å². The fourth-order valence-corrected chi connectivity index (χ4v) is 2.35. The lowest BCUT2D eigenvalue weighted by Gasteiger charge is -2.17. The molecule has 1 atom stereocenters. The van der Waals surface area contributed by atoms with Gasteiger partial charge in [0.2, 0.25) is 0 Å². The van der Waals surface area contributed by atoms with Gasteiger partial charge < -0.3 is 9.84 Å². The molecule has 2 rings (SSSR count). The molecule has 0 spiro atoms. The minimum absolute atomic E-state index is 0.314. The molecule has 0 aliphatic heterocycles. The maximum atomic E-state index is 5.19. The number of hydrogen-bond donors (Lipinski definition) is 1. The molecule has 102 valence electrons. The van der Waals surface area contributed by atoms with Crippen LogP contribution in [0.25, 0.3) is 0 Å². The van der Waals surface area contributed by atoms with Crippen molar-refractivity contribution in [3.05, 3.63) is 51.9 Å². The zero-order valence-corrected chi connectivity index (χ0v) is 12.4. The number of hydrogen-bond acceptors (Lipinski definition) is 3. The van der Waals surface area contributed by atoms with Crippen molar-refractivity contribution in [1.82, 2.24) is 10.5 Å². The zero-order valence-electron chi connectivity index (χ0n) is 12.4. The van der Waals surface area contributed by atoms with Gasteiger partial charge in [-0.2, -0.15) is 0 Å². The van der Waals surface area contributed by atoms with Gasteiger partial charge in [0.05, 0.1) is 5.69 Å². The Morgan fingerprint density at radius 3 is 2.58 bits per heavy atom. The lowest BCUT2D eigenvalue weighted by atomic mass is 10.00. The summed E-state index contributed by atoms with van der Waals surface area (Å²) in [4.78, 5) is 0. The van der Waals surface area contributed by atoms with Crippen molar-refractivity contribution in [2.24, 2.45) is 0 Å². The highest BCUT2D eigenvalue weighted by atomic mass is 16.5. The van der Waals surface area contributed by atoms with Gasteiger partial charge in [0, 0.05) is 18.2 Å². The van der Waals surface area contributed by atoms with Crippen LogP contribution in [-0.2, 0) is 6.54 Å². The van der Waals surface area contributed by atoms with E-state index in [0.29, 0.717) is 6.04 Å². The summed E-state index contributed by atoms with van der Waals surface area (Å²) in [5.74, 6) is 0.901. The average Bonchev–Trinajstić information content (AvgIpc) is 2.69. The normalized spacial score (nSPS) is 12.7. The Bertz CT molecular complexity index is 553. The van der Waals surface area contributed by atoms with Crippen LogP contribution in [0.3, 0.4) is 0 Å². The smallest absolute Gasteiger partial charge is 0.138 e. The Labute approximate surface area is 115 Å². The van der Waals surface area contributed by atoms with Gasteiger partial charge in [-0.1, -0.05) is 28.9 Å². The third-order valence-electron chi connectivity index (χ3n) is 3.67. The minimum Gasteiger partial charge on any atom is -0.361 e.